The second-order valence-corrected chi connectivity index (χ2v) is 29.1. The number of aliphatic imine (C=N–C) groups is 1. The molecule has 496 valence electrons. The van der Waals surface area contributed by atoms with Gasteiger partial charge in [0.15, 0.2) is 0 Å². The Morgan fingerprint density at radius 3 is 2.25 bits per heavy atom. The Kier molecular flexibility index (Phi) is 27.0. The fourth-order valence-corrected chi connectivity index (χ4v) is 16.4. The van der Waals surface area contributed by atoms with Crippen LogP contribution in [-0.2, 0) is 17.4 Å². The van der Waals surface area contributed by atoms with Gasteiger partial charge in [0.05, 0.1) is 16.5 Å². The lowest BCUT2D eigenvalue weighted by molar-refractivity contribution is -0.165. The number of allylic oxidation sites excluding steroid dienone is 3. The lowest BCUT2D eigenvalue weighted by Gasteiger charge is -2.60. The van der Waals surface area contributed by atoms with Crippen LogP contribution in [0.1, 0.15) is 195 Å². The van der Waals surface area contributed by atoms with E-state index in [-0.39, 0.29) is 46.7 Å². The van der Waals surface area contributed by atoms with Crippen LogP contribution in [0.3, 0.4) is 0 Å². The van der Waals surface area contributed by atoms with Gasteiger partial charge in [-0.25, -0.2) is 0 Å². The Morgan fingerprint density at radius 1 is 0.830 bits per heavy atom. The topological polar surface area (TPSA) is 118 Å². The maximum atomic E-state index is 14.6. The number of carbonyl (C=O) groups excluding carboxylic acids is 1. The van der Waals surface area contributed by atoms with E-state index in [0.29, 0.717) is 60.5 Å². The molecule has 10 atom stereocenters. The van der Waals surface area contributed by atoms with E-state index < -0.39 is 11.7 Å². The van der Waals surface area contributed by atoms with Crippen LogP contribution in [0.15, 0.2) is 71.7 Å². The fourth-order valence-electron chi connectivity index (χ4n) is 16.1. The molecule has 3 aliphatic carbocycles. The molecule has 0 bridgehead atoms. The third-order valence-corrected chi connectivity index (χ3v) is 21.9. The standard InChI is InChI=1S/C71H118ClF3N12O/c1-11-51(4)65-45-81-64(41-50(2)3)53(6)79-46-66-67(69(88)85-37-20-38-85)55(8)87(66)68(58-23-15-16-24-58)54(7)82-70(31-17-18-32-70)49-77-35-34-76-33-30-59(28-26-57-27-29-62(63(72)43-57)71(73,74)75)78-36-40-83(9)47-61(42-56-21-13-12-14-22-56)84(10)48-60-25-19-39-86(60)52(5)44-80-65/h27,29-30,33,36,40,43,47-48,50-56,58,64-68,76-77,79-82H,11-26,28,31-32,34-35,37-39,41-42,44-46,49H2,1-10H3/t51-,52-,53?,54?,55?,64-,65+,66?,67-,68+/m0/s1. The van der Waals surface area contributed by atoms with Crippen LogP contribution in [0.25, 0.3) is 0 Å². The molecule has 4 aliphatic heterocycles. The Labute approximate surface area is 535 Å². The number of fused-ring (bicyclic) bond motifs is 2. The van der Waals surface area contributed by atoms with Gasteiger partial charge in [0.2, 0.25) is 5.91 Å². The van der Waals surface area contributed by atoms with Gasteiger partial charge >= 0.3 is 6.18 Å². The minimum atomic E-state index is -4.51. The van der Waals surface area contributed by atoms with E-state index in [9.17, 15) is 18.0 Å². The third kappa shape index (κ3) is 19.5. The van der Waals surface area contributed by atoms with E-state index in [4.69, 9.17) is 16.6 Å². The lowest BCUT2D eigenvalue weighted by atomic mass is 9.73. The van der Waals surface area contributed by atoms with Crippen LogP contribution in [0.2, 0.25) is 5.02 Å². The van der Waals surface area contributed by atoms with Gasteiger partial charge in [0.1, 0.15) is 0 Å². The first-order valence-corrected chi connectivity index (χ1v) is 35.5. The predicted octanol–water partition coefficient (Wildman–Crippen LogP) is 12.7. The number of likely N-dealkylation sites (tertiary alicyclic amines) is 1. The molecule has 8 rings (SSSR count). The molecule has 17 heteroatoms. The second-order valence-electron chi connectivity index (χ2n) is 28.7. The van der Waals surface area contributed by atoms with Crippen LogP contribution in [0.4, 0.5) is 13.2 Å². The number of rotatable bonds is 11. The molecule has 88 heavy (non-hydrogen) atoms. The SMILES string of the molecule is CC[C@H](C)[C@H]1CN[C@@H](CC(C)C)C(C)NCC2[C@@H](C(=O)N3CCC3)C(C)N2[C@@H](C2CCCC2)C(C)NC2(CCCC2)CNCCNC=CC(CCc2ccc(C(F)(F)F)c(Cl)c2)=NC=CN(C)C=C(CC2CCCCC2)N(C)C=C2CCCN2[C@@H](C)CN1. The average molecular weight is 1250 g/mol. The summed E-state index contributed by atoms with van der Waals surface area (Å²) >= 11 is 6.20. The number of nitrogens with zero attached hydrogens (tertiary/aromatic N) is 6. The minimum Gasteiger partial charge on any atom is -0.390 e. The van der Waals surface area contributed by atoms with Crippen molar-refractivity contribution in [3.63, 3.8) is 0 Å². The quantitative estimate of drug-likeness (QED) is 0.127. The first kappa shape index (κ1) is 70.2. The van der Waals surface area contributed by atoms with Crippen molar-refractivity contribution in [2.24, 2.45) is 34.6 Å². The number of carbonyl (C=O) groups is 1. The lowest BCUT2D eigenvalue weighted by Crippen LogP contribution is -2.76. The molecule has 1 aromatic rings. The van der Waals surface area contributed by atoms with Gasteiger partial charge in [-0.2, -0.15) is 13.2 Å². The molecule has 1 spiro atoms. The highest BCUT2D eigenvalue weighted by Crippen LogP contribution is 2.44. The Bertz CT molecular complexity index is 2460. The van der Waals surface area contributed by atoms with Crippen LogP contribution < -0.4 is 31.9 Å². The van der Waals surface area contributed by atoms with Crippen molar-refractivity contribution in [3.8, 4) is 0 Å². The van der Waals surface area contributed by atoms with Crippen LogP contribution in [0, 0.1) is 29.6 Å². The molecule has 3 saturated carbocycles. The van der Waals surface area contributed by atoms with E-state index in [0.717, 1.165) is 128 Å². The number of amides is 1. The van der Waals surface area contributed by atoms with Crippen LogP contribution >= 0.6 is 11.6 Å². The summed E-state index contributed by atoms with van der Waals surface area (Å²) in [5.74, 6) is 2.60. The van der Waals surface area contributed by atoms with Gasteiger partial charge < -0.3 is 51.5 Å². The van der Waals surface area contributed by atoms with E-state index in [1.807, 2.05) is 24.7 Å². The number of alkyl halides is 3. The van der Waals surface area contributed by atoms with Gasteiger partial charge in [0.25, 0.3) is 0 Å². The molecule has 1 aromatic carbocycles. The Morgan fingerprint density at radius 2 is 1.57 bits per heavy atom. The first-order valence-electron chi connectivity index (χ1n) is 35.1. The van der Waals surface area contributed by atoms with Crippen molar-refractivity contribution in [1.29, 1.82) is 0 Å². The van der Waals surface area contributed by atoms with Crippen molar-refractivity contribution in [1.82, 2.24) is 56.4 Å². The molecule has 13 nitrogen and oxygen atoms in total. The minimum absolute atomic E-state index is 0.0147. The summed E-state index contributed by atoms with van der Waals surface area (Å²) < 4.78 is 41.0. The summed E-state index contributed by atoms with van der Waals surface area (Å²) in [6.45, 7) is 26.9. The molecular formula is C71H118ClF3N12O. The molecule has 1 amide bonds. The molecule has 6 N–H and O–H groups in total. The van der Waals surface area contributed by atoms with Crippen molar-refractivity contribution in [3.05, 3.63) is 82.8 Å². The van der Waals surface area contributed by atoms with E-state index in [1.165, 1.54) is 94.2 Å². The zero-order valence-electron chi connectivity index (χ0n) is 56.0. The Balaban J connectivity index is 1.07. The van der Waals surface area contributed by atoms with Crippen molar-refractivity contribution >= 4 is 23.2 Å². The molecule has 4 heterocycles. The zero-order chi connectivity index (χ0) is 63.0. The van der Waals surface area contributed by atoms with Crippen molar-refractivity contribution in [2.75, 3.05) is 73.0 Å². The monoisotopic (exact) mass is 1250 g/mol. The number of halogens is 4. The van der Waals surface area contributed by atoms with E-state index in [2.05, 4.69) is 138 Å². The fraction of sp³-hybridized carbons (Fsp3) is 0.775. The normalized spacial score (nSPS) is 30.2. The predicted molar refractivity (Wildman–Crippen MR) is 359 cm³/mol. The van der Waals surface area contributed by atoms with Gasteiger partial charge in [-0.15, -0.1) is 0 Å². The number of benzene rings is 1. The Hall–Kier alpha value is -3.64. The van der Waals surface area contributed by atoms with Gasteiger partial charge in [-0.3, -0.25) is 14.7 Å². The molecule has 6 fully saturated rings. The number of nitrogens with one attached hydrogen (secondary N) is 6. The van der Waals surface area contributed by atoms with Gasteiger partial charge in [0, 0.05) is 169 Å². The highest BCUT2D eigenvalue weighted by molar-refractivity contribution is 6.31. The summed E-state index contributed by atoms with van der Waals surface area (Å²) in [6, 6.07) is 6.06. The summed E-state index contributed by atoms with van der Waals surface area (Å²) in [4.78, 5) is 31.7. The largest absolute Gasteiger partial charge is 0.417 e. The average Bonchev–Trinajstić information content (AvgIpc) is 0.847. The summed E-state index contributed by atoms with van der Waals surface area (Å²) in [5.41, 5.74) is 3.37. The van der Waals surface area contributed by atoms with E-state index >= 15 is 0 Å². The second kappa shape index (κ2) is 33.8. The molecule has 3 saturated heterocycles. The van der Waals surface area contributed by atoms with Crippen LogP contribution in [-0.4, -0.2) is 163 Å². The summed E-state index contributed by atoms with van der Waals surface area (Å²) in [7, 11) is 4.30. The molecule has 0 radical (unpaired) electrons. The maximum absolute atomic E-state index is 14.6. The van der Waals surface area contributed by atoms with Crippen molar-refractivity contribution in [2.45, 2.75) is 250 Å². The van der Waals surface area contributed by atoms with Crippen molar-refractivity contribution < 1.29 is 18.0 Å². The molecule has 4 unspecified atom stereocenters. The highest BCUT2D eigenvalue weighted by atomic mass is 35.5. The number of hydrogen-bond donors (Lipinski definition) is 6. The highest BCUT2D eigenvalue weighted by Gasteiger charge is 2.56. The van der Waals surface area contributed by atoms with Crippen LogP contribution in [0.5, 0.6) is 0 Å². The summed E-state index contributed by atoms with van der Waals surface area (Å²) in [5, 5.41) is 24.0. The number of aryl methyl sites for hydroxylation is 1. The first-order chi connectivity index (χ1) is 42.2. The van der Waals surface area contributed by atoms with E-state index in [1.54, 1.807) is 0 Å². The molecule has 0 aromatic heterocycles. The zero-order valence-corrected chi connectivity index (χ0v) is 56.8. The maximum Gasteiger partial charge on any atom is 0.417 e. The third-order valence-electron chi connectivity index (χ3n) is 21.6. The smallest absolute Gasteiger partial charge is 0.390 e. The van der Waals surface area contributed by atoms with Gasteiger partial charge in [-0.1, -0.05) is 110 Å². The van der Waals surface area contributed by atoms with Gasteiger partial charge in [-0.05, 0) is 152 Å². The number of hydrogen-bond acceptors (Lipinski definition) is 12. The molecule has 7 aliphatic rings. The molecular weight excluding hydrogens is 1130 g/mol. The summed E-state index contributed by atoms with van der Waals surface area (Å²) in [6.07, 6.45) is 31.6.